The van der Waals surface area contributed by atoms with E-state index >= 15 is 0 Å². The summed E-state index contributed by atoms with van der Waals surface area (Å²) in [7, 11) is 0. The van der Waals surface area contributed by atoms with E-state index in [0.29, 0.717) is 19.3 Å². The minimum atomic E-state index is -0.786. The molecule has 0 rings (SSSR count). The molecule has 0 aromatic heterocycles. The van der Waals surface area contributed by atoms with Crippen molar-refractivity contribution in [1.29, 1.82) is 0 Å². The highest BCUT2D eigenvalue weighted by molar-refractivity contribution is 5.71. The van der Waals surface area contributed by atoms with Gasteiger partial charge in [0.05, 0.1) is 0 Å². The summed E-state index contributed by atoms with van der Waals surface area (Å²) in [4.78, 5) is 38.1. The van der Waals surface area contributed by atoms with Crippen molar-refractivity contribution in [2.24, 2.45) is 0 Å². The molecule has 0 aliphatic carbocycles. The van der Waals surface area contributed by atoms with Gasteiger partial charge in [0.15, 0.2) is 6.10 Å². The van der Waals surface area contributed by atoms with Gasteiger partial charge < -0.3 is 14.2 Å². The number of unbranched alkanes of at least 4 members (excludes halogenated alkanes) is 34. The van der Waals surface area contributed by atoms with Gasteiger partial charge in [-0.15, -0.1) is 0 Å². The molecule has 0 saturated carbocycles. The normalized spacial score (nSPS) is 12.5. The Kier molecular flexibility index (Phi) is 53.3. The van der Waals surface area contributed by atoms with Gasteiger partial charge in [0.25, 0.3) is 0 Å². The van der Waals surface area contributed by atoms with Crippen LogP contribution < -0.4 is 0 Å². The van der Waals surface area contributed by atoms with E-state index < -0.39 is 6.10 Å². The third-order valence-corrected chi connectivity index (χ3v) is 12.6. The van der Waals surface area contributed by atoms with Crippen LogP contribution in [0.3, 0.4) is 0 Å². The van der Waals surface area contributed by atoms with Crippen molar-refractivity contribution in [2.75, 3.05) is 13.2 Å². The van der Waals surface area contributed by atoms with Crippen LogP contribution in [0.5, 0.6) is 0 Å². The second-order valence-corrected chi connectivity index (χ2v) is 19.3. The predicted molar refractivity (Wildman–Crippen MR) is 288 cm³/mol. The van der Waals surface area contributed by atoms with E-state index in [1.807, 2.05) is 18.2 Å². The first-order valence-corrected chi connectivity index (χ1v) is 28.8. The Morgan fingerprint density at radius 3 is 0.955 bits per heavy atom. The fraction of sp³-hybridized carbons (Fsp3) is 0.787. The molecule has 1 atom stereocenters. The van der Waals surface area contributed by atoms with Crippen LogP contribution in [0, 0.1) is 0 Å². The molecule has 0 amide bonds. The zero-order valence-corrected chi connectivity index (χ0v) is 44.4. The maximum atomic E-state index is 12.9. The number of hydrogen-bond donors (Lipinski definition) is 0. The lowest BCUT2D eigenvalue weighted by molar-refractivity contribution is -0.167. The highest BCUT2D eigenvalue weighted by atomic mass is 16.6. The van der Waals surface area contributed by atoms with E-state index in [-0.39, 0.29) is 31.1 Å². The molecule has 0 heterocycles. The molecule has 0 aliphatic heterocycles. The van der Waals surface area contributed by atoms with Gasteiger partial charge >= 0.3 is 17.9 Å². The number of hydrogen-bond acceptors (Lipinski definition) is 6. The minimum Gasteiger partial charge on any atom is -0.462 e. The molecule has 6 nitrogen and oxygen atoms in total. The summed E-state index contributed by atoms with van der Waals surface area (Å²) in [6.45, 7) is 6.51. The number of carbonyl (C=O) groups excluding carboxylic acids is 3. The highest BCUT2D eigenvalue weighted by Crippen LogP contribution is 2.16. The van der Waals surface area contributed by atoms with Crippen molar-refractivity contribution in [1.82, 2.24) is 0 Å². The number of esters is 3. The summed E-state index contributed by atoms with van der Waals surface area (Å²) in [6, 6.07) is 0. The molecule has 0 aromatic carbocycles. The topological polar surface area (TPSA) is 78.9 Å². The van der Waals surface area contributed by atoms with Gasteiger partial charge in [-0.3, -0.25) is 14.4 Å². The fourth-order valence-corrected chi connectivity index (χ4v) is 8.27. The monoisotopic (exact) mass is 937 g/mol. The minimum absolute atomic E-state index is 0.0839. The molecule has 0 saturated heterocycles. The van der Waals surface area contributed by atoms with Gasteiger partial charge in [0.2, 0.25) is 0 Å². The van der Waals surface area contributed by atoms with E-state index in [4.69, 9.17) is 14.2 Å². The van der Waals surface area contributed by atoms with E-state index in [1.54, 1.807) is 0 Å². The van der Waals surface area contributed by atoms with Crippen molar-refractivity contribution < 1.29 is 28.6 Å². The number of rotatable bonds is 52. The molecule has 0 N–H and O–H groups in total. The van der Waals surface area contributed by atoms with Crippen molar-refractivity contribution in [2.45, 2.75) is 297 Å². The molecular weight excluding hydrogens is 829 g/mol. The van der Waals surface area contributed by atoms with Crippen molar-refractivity contribution >= 4 is 17.9 Å². The van der Waals surface area contributed by atoms with Gasteiger partial charge in [-0.25, -0.2) is 0 Å². The van der Waals surface area contributed by atoms with Gasteiger partial charge in [-0.2, -0.15) is 0 Å². The second-order valence-electron chi connectivity index (χ2n) is 19.3. The SMILES string of the molecule is CC\C=C/C=C\C=C/C=C\CCCCCCCC(=O)OCC(COC(=O)CCCCCCC/C=C\CCCCCCCCCCC)OC(=O)CCCCCCCCCCCCCCCCCC. The molecule has 388 valence electrons. The molecule has 67 heavy (non-hydrogen) atoms. The van der Waals surface area contributed by atoms with Crippen molar-refractivity contribution in [3.63, 3.8) is 0 Å². The van der Waals surface area contributed by atoms with Gasteiger partial charge in [-0.05, 0) is 64.2 Å². The molecule has 0 aromatic rings. The first kappa shape index (κ1) is 64.1. The molecule has 0 radical (unpaired) electrons. The van der Waals surface area contributed by atoms with E-state index in [1.165, 1.54) is 161 Å². The Morgan fingerprint density at radius 2 is 0.597 bits per heavy atom. The molecule has 6 heteroatoms. The van der Waals surface area contributed by atoms with Gasteiger partial charge in [-0.1, -0.05) is 268 Å². The summed E-state index contributed by atoms with van der Waals surface area (Å²) in [5, 5.41) is 0. The molecule has 0 fully saturated rings. The third-order valence-electron chi connectivity index (χ3n) is 12.6. The maximum absolute atomic E-state index is 12.9. The Balaban J connectivity index is 4.39. The maximum Gasteiger partial charge on any atom is 0.306 e. The Bertz CT molecular complexity index is 1210. The number of allylic oxidation sites excluding steroid dienone is 10. The van der Waals surface area contributed by atoms with Gasteiger partial charge in [0, 0.05) is 19.3 Å². The van der Waals surface area contributed by atoms with Crippen LogP contribution in [0.2, 0.25) is 0 Å². The van der Waals surface area contributed by atoms with Crippen LogP contribution in [0.4, 0.5) is 0 Å². The van der Waals surface area contributed by atoms with Gasteiger partial charge in [0.1, 0.15) is 13.2 Å². The Morgan fingerprint density at radius 1 is 0.313 bits per heavy atom. The highest BCUT2D eigenvalue weighted by Gasteiger charge is 2.19. The standard InChI is InChI=1S/C61H108O6/c1-4-7-10-13-16-19-22-25-28-30-31-34-36-39-42-45-48-51-54-60(63)66-57-58(56-65-59(62)53-50-47-44-41-38-35-32-27-24-21-18-15-12-9-6-3)67-61(64)55-52-49-46-43-40-37-33-29-26-23-20-17-14-11-8-5-2/h9,12,15,18,21,24,27,31-32,34,58H,4-8,10-11,13-14,16-17,19-20,22-23,25-26,28-30,33,35-57H2,1-3H3/b12-9-,18-15-,24-21-,32-27-,34-31-. The molecular formula is C61H108O6. The lowest BCUT2D eigenvalue weighted by atomic mass is 10.0. The summed E-state index contributed by atoms with van der Waals surface area (Å²) >= 11 is 0. The first-order chi connectivity index (χ1) is 33.0. The van der Waals surface area contributed by atoms with Crippen LogP contribution in [0.15, 0.2) is 60.8 Å². The average molecular weight is 938 g/mol. The van der Waals surface area contributed by atoms with Crippen molar-refractivity contribution in [3.8, 4) is 0 Å². The van der Waals surface area contributed by atoms with Crippen LogP contribution >= 0.6 is 0 Å². The first-order valence-electron chi connectivity index (χ1n) is 28.8. The van der Waals surface area contributed by atoms with E-state index in [9.17, 15) is 14.4 Å². The summed E-state index contributed by atoms with van der Waals surface area (Å²) < 4.78 is 16.9. The van der Waals surface area contributed by atoms with Crippen LogP contribution in [-0.4, -0.2) is 37.2 Å². The Labute approximate surface area is 415 Å². The summed E-state index contributed by atoms with van der Waals surface area (Å²) in [6.07, 6.45) is 69.2. The number of ether oxygens (including phenoxy) is 3. The van der Waals surface area contributed by atoms with Crippen molar-refractivity contribution in [3.05, 3.63) is 60.8 Å². The zero-order chi connectivity index (χ0) is 48.6. The third kappa shape index (κ3) is 53.9. The lowest BCUT2D eigenvalue weighted by Gasteiger charge is -2.18. The zero-order valence-electron chi connectivity index (χ0n) is 44.4. The molecule has 1 unspecified atom stereocenters. The fourth-order valence-electron chi connectivity index (χ4n) is 8.27. The number of carbonyl (C=O) groups is 3. The average Bonchev–Trinajstić information content (AvgIpc) is 3.33. The van der Waals surface area contributed by atoms with Crippen LogP contribution in [0.1, 0.15) is 290 Å². The lowest BCUT2D eigenvalue weighted by Crippen LogP contribution is -2.30. The Hall–Kier alpha value is -2.89. The summed E-state index contributed by atoms with van der Waals surface area (Å²) in [5.74, 6) is -0.902. The van der Waals surface area contributed by atoms with Crippen LogP contribution in [0.25, 0.3) is 0 Å². The summed E-state index contributed by atoms with van der Waals surface area (Å²) in [5.41, 5.74) is 0. The largest absolute Gasteiger partial charge is 0.462 e. The molecule has 0 aliphatic rings. The predicted octanol–water partition coefficient (Wildman–Crippen LogP) is 19.2. The quantitative estimate of drug-likeness (QED) is 0.0199. The molecule has 0 spiro atoms. The van der Waals surface area contributed by atoms with E-state index in [0.717, 1.165) is 89.9 Å². The van der Waals surface area contributed by atoms with Crippen LogP contribution in [-0.2, 0) is 28.6 Å². The van der Waals surface area contributed by atoms with E-state index in [2.05, 4.69) is 63.3 Å². The molecule has 0 bridgehead atoms. The smallest absolute Gasteiger partial charge is 0.306 e. The second kappa shape index (κ2) is 55.7.